The van der Waals surface area contributed by atoms with Crippen molar-refractivity contribution in [3.8, 4) is 0 Å². The molecule has 174 valence electrons. The molecule has 7 heteroatoms. The van der Waals surface area contributed by atoms with Crippen molar-refractivity contribution >= 4 is 27.3 Å². The first-order valence-electron chi connectivity index (χ1n) is 11.4. The molecule has 1 fully saturated rings. The van der Waals surface area contributed by atoms with Gasteiger partial charge in [-0.05, 0) is 67.5 Å². The number of carbonyl (C=O) groups is 1. The summed E-state index contributed by atoms with van der Waals surface area (Å²) in [5.41, 5.74) is 3.80. The quantitative estimate of drug-likeness (QED) is 0.647. The van der Waals surface area contributed by atoms with Crippen molar-refractivity contribution in [1.29, 1.82) is 0 Å². The van der Waals surface area contributed by atoms with Gasteiger partial charge in [0.25, 0.3) is 0 Å². The number of sulfonamides is 1. The first-order chi connectivity index (χ1) is 15.2. The molecule has 0 aromatic heterocycles. The minimum Gasteiger partial charge on any atom is -0.372 e. The van der Waals surface area contributed by atoms with Crippen LogP contribution in [0.25, 0.3) is 0 Å². The molecule has 1 aliphatic heterocycles. The largest absolute Gasteiger partial charge is 0.372 e. The normalized spacial score (nSPS) is 15.9. The molecule has 1 heterocycles. The molecule has 1 N–H and O–H groups in total. The highest BCUT2D eigenvalue weighted by molar-refractivity contribution is 7.92. The van der Waals surface area contributed by atoms with Gasteiger partial charge in [-0.15, -0.1) is 0 Å². The molecule has 0 bridgehead atoms. The van der Waals surface area contributed by atoms with Gasteiger partial charge in [0.2, 0.25) is 15.9 Å². The van der Waals surface area contributed by atoms with Crippen LogP contribution in [0.2, 0.25) is 0 Å². The lowest BCUT2D eigenvalue weighted by atomic mass is 9.98. The fraction of sp³-hybridized carbons (Fsp3) is 0.480. The van der Waals surface area contributed by atoms with E-state index in [1.54, 1.807) is 12.1 Å². The Bertz CT molecular complexity index is 996. The van der Waals surface area contributed by atoms with Crippen LogP contribution in [-0.2, 0) is 21.2 Å². The van der Waals surface area contributed by atoms with E-state index in [9.17, 15) is 13.2 Å². The van der Waals surface area contributed by atoms with E-state index < -0.39 is 10.0 Å². The third kappa shape index (κ3) is 6.25. The molecule has 0 spiro atoms. The zero-order valence-corrected chi connectivity index (χ0v) is 20.4. The van der Waals surface area contributed by atoms with Gasteiger partial charge in [-0.1, -0.05) is 38.1 Å². The summed E-state index contributed by atoms with van der Waals surface area (Å²) in [6.45, 7) is 8.16. The summed E-state index contributed by atoms with van der Waals surface area (Å²) < 4.78 is 25.8. The van der Waals surface area contributed by atoms with Gasteiger partial charge in [0.15, 0.2) is 0 Å². The van der Waals surface area contributed by atoms with E-state index in [2.05, 4.69) is 29.3 Å². The Morgan fingerprint density at radius 1 is 1.09 bits per heavy atom. The number of benzene rings is 2. The van der Waals surface area contributed by atoms with Gasteiger partial charge in [-0.25, -0.2) is 8.42 Å². The molecule has 6 nitrogen and oxygen atoms in total. The highest BCUT2D eigenvalue weighted by Gasteiger charge is 2.22. The molecule has 1 aliphatic rings. The fourth-order valence-corrected chi connectivity index (χ4v) is 4.90. The Kier molecular flexibility index (Phi) is 7.82. The molecule has 1 unspecified atom stereocenters. The van der Waals surface area contributed by atoms with Crippen LogP contribution in [0.4, 0.5) is 11.4 Å². The average Bonchev–Trinajstić information content (AvgIpc) is 2.77. The number of rotatable bonds is 8. The number of piperidine rings is 1. The molecule has 0 saturated carbocycles. The summed E-state index contributed by atoms with van der Waals surface area (Å²) in [5.74, 6) is 0.452. The Morgan fingerprint density at radius 3 is 2.22 bits per heavy atom. The summed E-state index contributed by atoms with van der Waals surface area (Å²) in [7, 11) is -3.59. The lowest BCUT2D eigenvalue weighted by Gasteiger charge is -2.32. The Balaban J connectivity index is 1.63. The third-order valence-corrected chi connectivity index (χ3v) is 7.38. The molecule has 0 radical (unpaired) electrons. The lowest BCUT2D eigenvalue weighted by Crippen LogP contribution is -2.41. The molecule has 32 heavy (non-hydrogen) atoms. The van der Waals surface area contributed by atoms with Crippen molar-refractivity contribution in [2.24, 2.45) is 5.92 Å². The van der Waals surface area contributed by atoms with E-state index in [0.29, 0.717) is 5.69 Å². The second-order valence-corrected chi connectivity index (χ2v) is 10.7. The smallest absolute Gasteiger partial charge is 0.241 e. The van der Waals surface area contributed by atoms with E-state index >= 15 is 0 Å². The maximum atomic E-state index is 12.7. The van der Waals surface area contributed by atoms with Crippen molar-refractivity contribution in [2.75, 3.05) is 35.1 Å². The molecule has 0 aliphatic carbocycles. The van der Waals surface area contributed by atoms with E-state index in [1.165, 1.54) is 18.5 Å². The van der Waals surface area contributed by atoms with Gasteiger partial charge < -0.3 is 10.2 Å². The topological polar surface area (TPSA) is 69.7 Å². The van der Waals surface area contributed by atoms with E-state index in [0.717, 1.165) is 47.1 Å². The van der Waals surface area contributed by atoms with Crippen molar-refractivity contribution in [3.05, 3.63) is 59.7 Å². The number of anilines is 2. The van der Waals surface area contributed by atoms with E-state index in [4.69, 9.17) is 0 Å². The predicted octanol–water partition coefficient (Wildman–Crippen LogP) is 4.13. The number of hydrogen-bond acceptors (Lipinski definition) is 4. The monoisotopic (exact) mass is 457 g/mol. The van der Waals surface area contributed by atoms with Crippen molar-refractivity contribution in [2.45, 2.75) is 46.1 Å². The van der Waals surface area contributed by atoms with Crippen LogP contribution in [-0.4, -0.2) is 40.2 Å². The number of nitrogens with one attached hydrogen (secondary N) is 1. The van der Waals surface area contributed by atoms with Crippen molar-refractivity contribution in [3.63, 3.8) is 0 Å². The van der Waals surface area contributed by atoms with Crippen LogP contribution in [0.5, 0.6) is 0 Å². The summed E-state index contributed by atoms with van der Waals surface area (Å²) in [6.07, 6.45) is 4.42. The number of aryl methyl sites for hydroxylation is 1. The standard InChI is InChI=1S/C25H35N3O3S/c1-5-21-6-10-24(11-7-21)28(32(4,30)31)18-25(29)26-20(3)22-8-12-23(13-9-22)27-16-14-19(2)15-17-27/h6-13,19-20H,5,14-18H2,1-4H3,(H,26,29). The van der Waals surface area contributed by atoms with Crippen LogP contribution >= 0.6 is 0 Å². The van der Waals surface area contributed by atoms with Gasteiger partial charge in [-0.3, -0.25) is 9.10 Å². The zero-order valence-electron chi connectivity index (χ0n) is 19.5. The van der Waals surface area contributed by atoms with Crippen LogP contribution < -0.4 is 14.5 Å². The Morgan fingerprint density at radius 2 is 1.69 bits per heavy atom. The first-order valence-corrected chi connectivity index (χ1v) is 13.2. The SMILES string of the molecule is CCc1ccc(N(CC(=O)NC(C)c2ccc(N3CCC(C)CC3)cc2)S(C)(=O)=O)cc1. The summed E-state index contributed by atoms with van der Waals surface area (Å²) in [5, 5.41) is 2.94. The lowest BCUT2D eigenvalue weighted by molar-refractivity contribution is -0.120. The van der Waals surface area contributed by atoms with Crippen molar-refractivity contribution < 1.29 is 13.2 Å². The van der Waals surface area contributed by atoms with Gasteiger partial charge >= 0.3 is 0 Å². The zero-order chi connectivity index (χ0) is 23.3. The molecule has 2 aromatic carbocycles. The molecule has 1 amide bonds. The van der Waals surface area contributed by atoms with Crippen LogP contribution in [0.1, 0.15) is 50.8 Å². The number of carbonyl (C=O) groups excluding carboxylic acids is 1. The molecule has 1 saturated heterocycles. The minimum atomic E-state index is -3.59. The highest BCUT2D eigenvalue weighted by atomic mass is 32.2. The maximum Gasteiger partial charge on any atom is 0.241 e. The summed E-state index contributed by atoms with van der Waals surface area (Å²) in [4.78, 5) is 15.1. The summed E-state index contributed by atoms with van der Waals surface area (Å²) in [6, 6.07) is 15.3. The maximum absolute atomic E-state index is 12.7. The summed E-state index contributed by atoms with van der Waals surface area (Å²) >= 11 is 0. The molecular weight excluding hydrogens is 422 g/mol. The number of nitrogens with zero attached hydrogens (tertiary/aromatic N) is 2. The van der Waals surface area contributed by atoms with E-state index in [1.807, 2.05) is 38.1 Å². The number of amides is 1. The predicted molar refractivity (Wildman–Crippen MR) is 132 cm³/mol. The minimum absolute atomic E-state index is 0.221. The molecule has 2 aromatic rings. The third-order valence-electron chi connectivity index (χ3n) is 6.24. The average molecular weight is 458 g/mol. The first kappa shape index (κ1) is 24.1. The fourth-order valence-electron chi connectivity index (χ4n) is 4.04. The second-order valence-electron chi connectivity index (χ2n) is 8.84. The van der Waals surface area contributed by atoms with Crippen LogP contribution in [0.15, 0.2) is 48.5 Å². The molecular formula is C25H35N3O3S. The molecule has 1 atom stereocenters. The van der Waals surface area contributed by atoms with Crippen LogP contribution in [0, 0.1) is 5.92 Å². The van der Waals surface area contributed by atoms with E-state index in [-0.39, 0.29) is 18.5 Å². The Hall–Kier alpha value is -2.54. The van der Waals surface area contributed by atoms with Crippen molar-refractivity contribution in [1.82, 2.24) is 5.32 Å². The Labute approximate surface area is 192 Å². The highest BCUT2D eigenvalue weighted by Crippen LogP contribution is 2.25. The second kappa shape index (κ2) is 10.4. The van der Waals surface area contributed by atoms with Gasteiger partial charge in [-0.2, -0.15) is 0 Å². The number of hydrogen-bond donors (Lipinski definition) is 1. The van der Waals surface area contributed by atoms with Gasteiger partial charge in [0.05, 0.1) is 18.0 Å². The van der Waals surface area contributed by atoms with Crippen LogP contribution in [0.3, 0.4) is 0 Å². The molecule has 3 rings (SSSR count). The van der Waals surface area contributed by atoms with Gasteiger partial charge in [0, 0.05) is 18.8 Å². The van der Waals surface area contributed by atoms with Gasteiger partial charge in [0.1, 0.15) is 6.54 Å².